The van der Waals surface area contributed by atoms with Gasteiger partial charge in [-0.2, -0.15) is 10.4 Å². The number of aromatic nitrogens is 2. The Morgan fingerprint density at radius 3 is 2.54 bits per heavy atom. The third-order valence-electron chi connectivity index (χ3n) is 4.59. The molecule has 0 amide bonds. The van der Waals surface area contributed by atoms with Gasteiger partial charge in [-0.3, -0.25) is 5.10 Å². The van der Waals surface area contributed by atoms with E-state index in [-0.39, 0.29) is 0 Å². The summed E-state index contributed by atoms with van der Waals surface area (Å²) in [4.78, 5) is 4.10. The number of aromatic amines is 1. The summed E-state index contributed by atoms with van der Waals surface area (Å²) >= 11 is 1.44. The zero-order chi connectivity index (χ0) is 19.8. The Morgan fingerprint density at radius 2 is 1.86 bits per heavy atom. The van der Waals surface area contributed by atoms with Crippen LogP contribution in [0.15, 0.2) is 42.5 Å². The molecule has 0 atom stereocenters. The number of H-pyrrole nitrogens is 1. The lowest BCUT2D eigenvalue weighted by Crippen LogP contribution is -2.25. The second kappa shape index (κ2) is 9.93. The molecule has 3 aromatic rings. The molecule has 2 aromatic heterocycles. The fourth-order valence-electron chi connectivity index (χ4n) is 2.95. The largest absolute Gasteiger partial charge is 0.385 e. The zero-order valence-electron chi connectivity index (χ0n) is 16.3. The molecule has 0 aliphatic heterocycles. The van der Waals surface area contributed by atoms with E-state index in [1.807, 2.05) is 30.3 Å². The van der Waals surface area contributed by atoms with Gasteiger partial charge in [0, 0.05) is 24.0 Å². The molecule has 0 aliphatic rings. The summed E-state index contributed by atoms with van der Waals surface area (Å²) in [6.45, 7) is 8.72. The van der Waals surface area contributed by atoms with Crippen LogP contribution in [0.5, 0.6) is 0 Å². The normalized spacial score (nSPS) is 10.8. The van der Waals surface area contributed by atoms with Gasteiger partial charge in [-0.15, -0.1) is 11.3 Å². The molecule has 3 N–H and O–H groups in total. The molecule has 0 saturated carbocycles. The van der Waals surface area contributed by atoms with Crippen molar-refractivity contribution in [3.8, 4) is 16.6 Å². The van der Waals surface area contributed by atoms with Crippen molar-refractivity contribution >= 4 is 28.5 Å². The first-order valence-corrected chi connectivity index (χ1v) is 10.4. The first-order valence-electron chi connectivity index (χ1n) is 9.60. The first-order chi connectivity index (χ1) is 13.7. The summed E-state index contributed by atoms with van der Waals surface area (Å²) in [6.07, 6.45) is 1.13. The molecular weight excluding hydrogens is 368 g/mol. The highest BCUT2D eigenvalue weighted by molar-refractivity contribution is 7.15. The average molecular weight is 395 g/mol. The smallest absolute Gasteiger partial charge is 0.126 e. The quantitative estimate of drug-likeness (QED) is 0.426. The maximum absolute atomic E-state index is 8.95. The monoisotopic (exact) mass is 394 g/mol. The lowest BCUT2D eigenvalue weighted by molar-refractivity contribution is 0.303. The molecule has 2 heterocycles. The molecule has 0 spiro atoms. The van der Waals surface area contributed by atoms with E-state index in [0.717, 1.165) is 60.4 Å². The van der Waals surface area contributed by atoms with Crippen LogP contribution in [0.25, 0.3) is 10.6 Å². The van der Waals surface area contributed by atoms with Crippen molar-refractivity contribution in [2.45, 2.75) is 20.3 Å². The van der Waals surface area contributed by atoms with Gasteiger partial charge in [0.15, 0.2) is 0 Å². The Labute approximate surface area is 170 Å². The van der Waals surface area contributed by atoms with Crippen molar-refractivity contribution < 1.29 is 0 Å². The molecule has 146 valence electrons. The number of rotatable bonds is 10. The van der Waals surface area contributed by atoms with E-state index in [1.54, 1.807) is 0 Å². The summed E-state index contributed by atoms with van der Waals surface area (Å²) in [5.74, 6) is 0.821. The van der Waals surface area contributed by atoms with E-state index in [9.17, 15) is 0 Å². The molecule has 1 aromatic carbocycles. The van der Waals surface area contributed by atoms with Crippen LogP contribution in [-0.2, 0) is 0 Å². The minimum atomic E-state index is 0.688. The number of thiophene rings is 1. The number of hydrogen-bond acceptors (Lipinski definition) is 6. The molecule has 0 unspecified atom stereocenters. The van der Waals surface area contributed by atoms with E-state index in [2.05, 4.69) is 57.8 Å². The van der Waals surface area contributed by atoms with Gasteiger partial charge in [-0.05, 0) is 62.5 Å². The van der Waals surface area contributed by atoms with E-state index in [1.165, 1.54) is 11.3 Å². The van der Waals surface area contributed by atoms with Crippen LogP contribution >= 0.6 is 11.3 Å². The molecule has 0 radical (unpaired) electrons. The molecule has 0 aliphatic carbocycles. The predicted molar refractivity (Wildman–Crippen MR) is 117 cm³/mol. The van der Waals surface area contributed by atoms with Crippen LogP contribution in [0.3, 0.4) is 0 Å². The van der Waals surface area contributed by atoms with Crippen molar-refractivity contribution in [1.82, 2.24) is 15.1 Å². The third-order valence-corrected chi connectivity index (χ3v) is 5.60. The molecule has 0 fully saturated rings. The molecule has 0 bridgehead atoms. The molecule has 6 nitrogen and oxygen atoms in total. The second-order valence-electron chi connectivity index (χ2n) is 6.45. The molecular formula is C21H26N6S. The Bertz CT molecular complexity index is 902. The second-order valence-corrected chi connectivity index (χ2v) is 7.54. The van der Waals surface area contributed by atoms with E-state index in [0.29, 0.717) is 4.88 Å². The Balaban J connectivity index is 1.50. The Morgan fingerprint density at radius 1 is 1.11 bits per heavy atom. The summed E-state index contributed by atoms with van der Waals surface area (Å²) in [6, 6.07) is 16.1. The fourth-order valence-corrected chi connectivity index (χ4v) is 3.71. The minimum Gasteiger partial charge on any atom is -0.385 e. The molecule has 3 rings (SSSR count). The van der Waals surface area contributed by atoms with Gasteiger partial charge in [0.05, 0.1) is 4.88 Å². The lowest BCUT2D eigenvalue weighted by Gasteiger charge is -2.18. The highest BCUT2D eigenvalue weighted by Crippen LogP contribution is 2.28. The Kier molecular flexibility index (Phi) is 7.06. The summed E-state index contributed by atoms with van der Waals surface area (Å²) in [5.41, 5.74) is 2.95. The van der Waals surface area contributed by atoms with Gasteiger partial charge >= 0.3 is 0 Å². The van der Waals surface area contributed by atoms with E-state index >= 15 is 0 Å². The number of nitrogens with one attached hydrogen (secondary N) is 3. The van der Waals surface area contributed by atoms with Gasteiger partial charge in [-0.1, -0.05) is 13.8 Å². The highest BCUT2D eigenvalue weighted by atomic mass is 32.1. The zero-order valence-corrected chi connectivity index (χ0v) is 17.1. The fraction of sp³-hybridized carbons (Fsp3) is 0.333. The van der Waals surface area contributed by atoms with Crippen LogP contribution in [-0.4, -0.2) is 41.3 Å². The molecule has 28 heavy (non-hydrogen) atoms. The van der Waals surface area contributed by atoms with Crippen molar-refractivity contribution in [3.05, 3.63) is 47.3 Å². The number of nitrogens with zero attached hydrogens (tertiary/aromatic N) is 3. The number of benzene rings is 1. The van der Waals surface area contributed by atoms with Gasteiger partial charge < -0.3 is 15.5 Å². The van der Waals surface area contributed by atoms with Crippen LogP contribution in [0.4, 0.5) is 17.2 Å². The predicted octanol–water partition coefficient (Wildman–Crippen LogP) is 4.90. The highest BCUT2D eigenvalue weighted by Gasteiger charge is 2.07. The van der Waals surface area contributed by atoms with E-state index in [4.69, 9.17) is 5.26 Å². The molecule has 7 heteroatoms. The van der Waals surface area contributed by atoms with Gasteiger partial charge in [0.25, 0.3) is 0 Å². The summed E-state index contributed by atoms with van der Waals surface area (Å²) in [5, 5.41) is 23.1. The van der Waals surface area contributed by atoms with Gasteiger partial charge in [0.1, 0.15) is 22.5 Å². The topological polar surface area (TPSA) is 79.8 Å². The van der Waals surface area contributed by atoms with Gasteiger partial charge in [-0.25, -0.2) is 0 Å². The summed E-state index contributed by atoms with van der Waals surface area (Å²) in [7, 11) is 0. The number of nitriles is 1. The van der Waals surface area contributed by atoms with Gasteiger partial charge in [0.2, 0.25) is 0 Å². The maximum atomic E-state index is 8.95. The lowest BCUT2D eigenvalue weighted by atomic mass is 10.2. The summed E-state index contributed by atoms with van der Waals surface area (Å²) < 4.78 is 0. The van der Waals surface area contributed by atoms with Crippen LogP contribution < -0.4 is 10.6 Å². The standard InChI is InChI=1S/C21H26N6S/c1-3-27(4-2)13-5-12-23-16-6-8-17(9-7-16)24-21-14-19(25-26-21)20-11-10-18(15-22)28-20/h6-11,14,23H,3-5,12-13H2,1-2H3,(H2,24,25,26). The first kappa shape index (κ1) is 19.9. The van der Waals surface area contributed by atoms with Crippen LogP contribution in [0.1, 0.15) is 25.1 Å². The Hall–Kier alpha value is -2.82. The van der Waals surface area contributed by atoms with Crippen molar-refractivity contribution in [2.24, 2.45) is 0 Å². The van der Waals surface area contributed by atoms with Crippen molar-refractivity contribution in [3.63, 3.8) is 0 Å². The number of anilines is 3. The molecule has 0 saturated heterocycles. The van der Waals surface area contributed by atoms with E-state index < -0.39 is 0 Å². The third kappa shape index (κ3) is 5.35. The minimum absolute atomic E-state index is 0.688. The SMILES string of the molecule is CCN(CC)CCCNc1ccc(Nc2cc(-c3ccc(C#N)s3)n[nH]2)cc1. The number of hydrogen-bond donors (Lipinski definition) is 3. The van der Waals surface area contributed by atoms with Crippen molar-refractivity contribution in [1.29, 1.82) is 5.26 Å². The maximum Gasteiger partial charge on any atom is 0.126 e. The average Bonchev–Trinajstić information content (AvgIpc) is 3.38. The van der Waals surface area contributed by atoms with Crippen LogP contribution in [0, 0.1) is 11.3 Å². The van der Waals surface area contributed by atoms with Crippen molar-refractivity contribution in [2.75, 3.05) is 36.8 Å². The van der Waals surface area contributed by atoms with Crippen LogP contribution in [0.2, 0.25) is 0 Å².